The quantitative estimate of drug-likeness (QED) is 0.310. The van der Waals surface area contributed by atoms with E-state index in [9.17, 15) is 29.7 Å². The summed E-state index contributed by atoms with van der Waals surface area (Å²) >= 11 is 5.38. The molecule has 1 aromatic heterocycles. The molecule has 1 atom stereocenters. The molecule has 2 aromatic rings. The number of carbonyl (C=O) groups is 3. The summed E-state index contributed by atoms with van der Waals surface area (Å²) in [6, 6.07) is 12.8. The molecule has 0 unspecified atom stereocenters. The number of nitrogens with zero attached hydrogens (tertiary/aromatic N) is 4. The zero-order valence-corrected chi connectivity index (χ0v) is 23.6. The second-order valence-electron chi connectivity index (χ2n) is 10.4. The van der Waals surface area contributed by atoms with Crippen LogP contribution in [-0.2, 0) is 33.9 Å². The molecule has 4 N–H and O–H groups in total. The van der Waals surface area contributed by atoms with Gasteiger partial charge in [-0.1, -0.05) is 44.3 Å². The third kappa shape index (κ3) is 10.3. The van der Waals surface area contributed by atoms with Gasteiger partial charge in [-0.15, -0.1) is 0 Å². The van der Waals surface area contributed by atoms with Crippen molar-refractivity contribution in [2.24, 2.45) is 5.92 Å². The van der Waals surface area contributed by atoms with Crippen molar-refractivity contribution in [1.82, 2.24) is 19.7 Å². The Labute approximate surface area is 239 Å². The molecule has 216 valence electrons. The molecule has 3 rings (SSSR count). The minimum atomic E-state index is -1.01. The van der Waals surface area contributed by atoms with Crippen LogP contribution in [0.5, 0.6) is 0 Å². The van der Waals surface area contributed by atoms with Crippen molar-refractivity contribution < 1.29 is 29.7 Å². The Morgan fingerprint density at radius 3 is 2.08 bits per heavy atom. The zero-order valence-electron chi connectivity index (χ0n) is 22.8. The van der Waals surface area contributed by atoms with Crippen molar-refractivity contribution in [3.8, 4) is 0 Å². The first-order chi connectivity index (χ1) is 19.0. The molecule has 12 heteroatoms. The van der Waals surface area contributed by atoms with Gasteiger partial charge in [0.1, 0.15) is 0 Å². The highest BCUT2D eigenvalue weighted by atomic mass is 32.1. The van der Waals surface area contributed by atoms with E-state index in [1.54, 1.807) is 15.9 Å². The molecule has 40 heavy (non-hydrogen) atoms. The van der Waals surface area contributed by atoms with Crippen molar-refractivity contribution in [3.63, 3.8) is 0 Å². The highest BCUT2D eigenvalue weighted by Crippen LogP contribution is 2.18. The Hall–Kier alpha value is -3.45. The van der Waals surface area contributed by atoms with Gasteiger partial charge in [-0.05, 0) is 36.2 Å². The van der Waals surface area contributed by atoms with E-state index in [4.69, 9.17) is 12.2 Å². The predicted molar refractivity (Wildman–Crippen MR) is 154 cm³/mol. The predicted octanol–water partition coefficient (Wildman–Crippen LogP) is 2.26. The second-order valence-corrected chi connectivity index (χ2v) is 10.8. The topological polar surface area (TPSA) is 147 Å². The number of hydrogen-bond acceptors (Lipinski definition) is 8. The summed E-state index contributed by atoms with van der Waals surface area (Å²) in [7, 11) is 0. The molecule has 0 amide bonds. The number of rotatable bonds is 10. The average Bonchev–Trinajstić information content (AvgIpc) is 2.86. The molecular formula is C28H37N5O6S. The summed E-state index contributed by atoms with van der Waals surface area (Å²) < 4.78 is 0. The van der Waals surface area contributed by atoms with Crippen LogP contribution in [0.2, 0.25) is 0 Å². The van der Waals surface area contributed by atoms with Gasteiger partial charge in [0.25, 0.3) is 0 Å². The van der Waals surface area contributed by atoms with E-state index in [1.165, 1.54) is 0 Å². The van der Waals surface area contributed by atoms with E-state index in [-0.39, 0.29) is 51.2 Å². The average molecular weight is 572 g/mol. The van der Waals surface area contributed by atoms with Gasteiger partial charge in [0.05, 0.1) is 36.0 Å². The van der Waals surface area contributed by atoms with Gasteiger partial charge in [0.2, 0.25) is 0 Å². The number of nitrogens with one attached hydrogen (secondary N) is 1. The van der Waals surface area contributed by atoms with Crippen LogP contribution in [0.25, 0.3) is 0 Å². The van der Waals surface area contributed by atoms with Crippen LogP contribution in [0.1, 0.15) is 30.8 Å². The summed E-state index contributed by atoms with van der Waals surface area (Å²) in [4.78, 5) is 45.9. The molecule has 1 aliphatic rings. The van der Waals surface area contributed by atoms with Crippen LogP contribution < -0.4 is 5.32 Å². The molecule has 1 aliphatic heterocycles. The number of aliphatic carboxylic acids is 3. The normalized spacial score (nSPS) is 17.5. The fraction of sp³-hybridized carbons (Fsp3) is 0.464. The first-order valence-electron chi connectivity index (χ1n) is 13.2. The lowest BCUT2D eigenvalue weighted by Gasteiger charge is -2.36. The van der Waals surface area contributed by atoms with Gasteiger partial charge in [-0.2, -0.15) is 0 Å². The zero-order chi connectivity index (χ0) is 29.2. The summed E-state index contributed by atoms with van der Waals surface area (Å²) in [6.45, 7) is 4.73. The Balaban J connectivity index is 1.95. The van der Waals surface area contributed by atoms with E-state index in [2.05, 4.69) is 10.3 Å². The van der Waals surface area contributed by atoms with Crippen LogP contribution >= 0.6 is 12.2 Å². The number of hydrogen-bond donors (Lipinski definition) is 4. The first kappa shape index (κ1) is 31.1. The monoisotopic (exact) mass is 571 g/mol. The van der Waals surface area contributed by atoms with E-state index >= 15 is 0 Å². The molecule has 0 radical (unpaired) electrons. The molecule has 0 fully saturated rings. The molecule has 0 saturated heterocycles. The van der Waals surface area contributed by atoms with E-state index in [0.717, 1.165) is 16.2 Å². The number of benzene rings is 1. The maximum absolute atomic E-state index is 11.9. The van der Waals surface area contributed by atoms with Gasteiger partial charge in [0.15, 0.2) is 0 Å². The van der Waals surface area contributed by atoms with E-state index < -0.39 is 17.9 Å². The molecule has 2 bridgehead atoms. The van der Waals surface area contributed by atoms with Gasteiger partial charge in [-0.25, -0.2) is 0 Å². The van der Waals surface area contributed by atoms with Crippen molar-refractivity contribution in [3.05, 3.63) is 59.4 Å². The van der Waals surface area contributed by atoms with Crippen LogP contribution in [0.4, 0.5) is 5.69 Å². The Morgan fingerprint density at radius 2 is 1.48 bits per heavy atom. The summed E-state index contributed by atoms with van der Waals surface area (Å²) in [5.74, 6) is -2.78. The third-order valence-electron chi connectivity index (χ3n) is 6.61. The number of pyridine rings is 1. The van der Waals surface area contributed by atoms with Gasteiger partial charge in [0, 0.05) is 50.4 Å². The maximum atomic E-state index is 11.9. The molecule has 0 aliphatic carbocycles. The SMILES string of the molecule is CC(C)C(=S)Nc1ccc(C[C@H]2CN(CC(=O)O)CCN(CC(=O)O)Cc3cccc(n3)CN2CC(=O)O)cc1. The van der Waals surface area contributed by atoms with Gasteiger partial charge in [-0.3, -0.25) is 34.1 Å². The van der Waals surface area contributed by atoms with Crippen LogP contribution in [0, 0.1) is 5.92 Å². The number of carboxylic acids is 3. The molecule has 2 heterocycles. The Bertz CT molecular complexity index is 1190. The van der Waals surface area contributed by atoms with E-state index in [1.807, 2.05) is 55.1 Å². The smallest absolute Gasteiger partial charge is 0.317 e. The minimum absolute atomic E-state index is 0.203. The van der Waals surface area contributed by atoms with Crippen molar-refractivity contribution in [1.29, 1.82) is 0 Å². The largest absolute Gasteiger partial charge is 0.480 e. The number of anilines is 1. The minimum Gasteiger partial charge on any atom is -0.480 e. The number of carboxylic acid groups (broad SMARTS) is 3. The Morgan fingerprint density at radius 1 is 0.900 bits per heavy atom. The number of thiocarbonyl (C=S) groups is 1. The fourth-order valence-electron chi connectivity index (χ4n) is 4.63. The first-order valence-corrected chi connectivity index (χ1v) is 13.6. The number of aromatic nitrogens is 1. The van der Waals surface area contributed by atoms with Crippen molar-refractivity contribution in [2.75, 3.05) is 44.6 Å². The molecule has 0 spiro atoms. The highest BCUT2D eigenvalue weighted by Gasteiger charge is 2.27. The lowest BCUT2D eigenvalue weighted by molar-refractivity contribution is -0.141. The van der Waals surface area contributed by atoms with E-state index in [0.29, 0.717) is 30.9 Å². The van der Waals surface area contributed by atoms with Gasteiger partial charge >= 0.3 is 17.9 Å². The van der Waals surface area contributed by atoms with Crippen molar-refractivity contribution >= 4 is 40.8 Å². The molecule has 0 saturated carbocycles. The van der Waals surface area contributed by atoms with Gasteiger partial charge < -0.3 is 20.6 Å². The highest BCUT2D eigenvalue weighted by molar-refractivity contribution is 7.80. The standard InChI is InChI=1S/C28H37N5O6S/c1-19(2)28(40)30-21-8-6-20(7-9-21)12-24-15-32(17-26(36)37)11-10-31(16-25(34)35)13-22-4-3-5-23(29-22)14-33(24)18-27(38)39/h3-9,19,24H,10-18H2,1-2H3,(H,30,40)(H,34,35)(H,36,37)(H,38,39)/t24-/m0/s1. The van der Waals surface area contributed by atoms with Crippen LogP contribution in [0.15, 0.2) is 42.5 Å². The summed E-state index contributed by atoms with van der Waals surface area (Å²) in [6.07, 6.45) is 0.469. The second kappa shape index (κ2) is 14.8. The molecule has 11 nitrogen and oxygen atoms in total. The van der Waals surface area contributed by atoms with Crippen LogP contribution in [0.3, 0.4) is 0 Å². The molecular weight excluding hydrogens is 534 g/mol. The number of fused-ring (bicyclic) bond motifs is 2. The molecule has 1 aromatic carbocycles. The fourth-order valence-corrected chi connectivity index (χ4v) is 4.75. The Kier molecular flexibility index (Phi) is 11.5. The van der Waals surface area contributed by atoms with Crippen LogP contribution in [-0.4, -0.2) is 103 Å². The lowest BCUT2D eigenvalue weighted by atomic mass is 10.0. The maximum Gasteiger partial charge on any atom is 0.317 e. The third-order valence-corrected chi connectivity index (χ3v) is 7.18. The summed E-state index contributed by atoms with van der Waals surface area (Å²) in [5.41, 5.74) is 3.14. The summed E-state index contributed by atoms with van der Waals surface area (Å²) in [5, 5.41) is 32.0. The lowest BCUT2D eigenvalue weighted by Crippen LogP contribution is -2.50. The van der Waals surface area contributed by atoms with Crippen molar-refractivity contribution in [2.45, 2.75) is 39.4 Å².